The molecule has 0 bridgehead atoms. The second-order valence-electron chi connectivity index (χ2n) is 2.98. The minimum Gasteiger partial charge on any atom is -0.480 e. The van der Waals surface area contributed by atoms with Gasteiger partial charge in [-0.2, -0.15) is 0 Å². The van der Waals surface area contributed by atoms with E-state index in [1.54, 1.807) is 0 Å². The molecule has 0 aliphatic carbocycles. The molecule has 3 N–H and O–H groups in total. The molecule has 0 aromatic heterocycles. The van der Waals surface area contributed by atoms with Crippen molar-refractivity contribution in [2.75, 3.05) is 7.05 Å². The van der Waals surface area contributed by atoms with Crippen molar-refractivity contribution >= 4 is 11.9 Å². The van der Waals surface area contributed by atoms with Gasteiger partial charge in [0.15, 0.2) is 0 Å². The number of likely N-dealkylation sites (N-methyl/N-ethyl adjacent to an activating group) is 1. The third-order valence-electron chi connectivity index (χ3n) is 1.94. The van der Waals surface area contributed by atoms with Crippen molar-refractivity contribution in [2.24, 2.45) is 5.73 Å². The maximum Gasteiger partial charge on any atom is 0.326 e. The van der Waals surface area contributed by atoms with E-state index >= 15 is 0 Å². The number of rotatable bonds is 4. The van der Waals surface area contributed by atoms with Crippen LogP contribution in [0.15, 0.2) is 0 Å². The summed E-state index contributed by atoms with van der Waals surface area (Å²) in [7, 11) is 1.39. The Kier molecular flexibility index (Phi) is 4.67. The van der Waals surface area contributed by atoms with E-state index in [2.05, 4.69) is 5.92 Å². The summed E-state index contributed by atoms with van der Waals surface area (Å²) in [5, 5.41) is 8.64. The molecule has 0 radical (unpaired) electrons. The molecule has 78 valence electrons. The molecule has 0 aromatic rings. The van der Waals surface area contributed by atoms with Gasteiger partial charge >= 0.3 is 5.97 Å². The zero-order chi connectivity index (χ0) is 11.3. The molecule has 0 aromatic carbocycles. The number of amides is 1. The number of carbonyl (C=O) groups is 2. The standard InChI is InChI=1S/C9H14N2O3/c1-4-5-7(10)8(12)11(3)6(2)9(13)14/h1,6-7H,5,10H2,2-3H3,(H,13,14). The zero-order valence-corrected chi connectivity index (χ0v) is 8.23. The van der Waals surface area contributed by atoms with Crippen molar-refractivity contribution in [1.29, 1.82) is 0 Å². The van der Waals surface area contributed by atoms with E-state index in [-0.39, 0.29) is 6.42 Å². The summed E-state index contributed by atoms with van der Waals surface area (Å²) >= 11 is 0. The van der Waals surface area contributed by atoms with Crippen molar-refractivity contribution in [3.05, 3.63) is 0 Å². The Balaban J connectivity index is 4.40. The van der Waals surface area contributed by atoms with Gasteiger partial charge in [0.05, 0.1) is 6.04 Å². The average molecular weight is 198 g/mol. The fourth-order valence-electron chi connectivity index (χ4n) is 0.832. The number of terminal acetylenes is 1. The van der Waals surface area contributed by atoms with Gasteiger partial charge < -0.3 is 15.7 Å². The predicted molar refractivity (Wildman–Crippen MR) is 51.3 cm³/mol. The van der Waals surface area contributed by atoms with E-state index in [4.69, 9.17) is 17.3 Å². The lowest BCUT2D eigenvalue weighted by Crippen LogP contribution is -2.48. The SMILES string of the molecule is C#CCC(N)C(=O)N(C)C(C)C(=O)O. The summed E-state index contributed by atoms with van der Waals surface area (Å²) < 4.78 is 0. The van der Waals surface area contributed by atoms with Crippen LogP contribution in [0.3, 0.4) is 0 Å². The van der Waals surface area contributed by atoms with Gasteiger partial charge in [0, 0.05) is 13.5 Å². The Bertz CT molecular complexity index is 270. The number of hydrogen-bond donors (Lipinski definition) is 2. The number of nitrogens with two attached hydrogens (primary N) is 1. The minimum absolute atomic E-state index is 0.107. The molecule has 2 unspecified atom stereocenters. The topological polar surface area (TPSA) is 83.6 Å². The van der Waals surface area contributed by atoms with Crippen LogP contribution < -0.4 is 5.73 Å². The fraction of sp³-hybridized carbons (Fsp3) is 0.556. The molecule has 0 aliphatic rings. The predicted octanol–water partition coefficient (Wildman–Crippen LogP) is -0.731. The van der Waals surface area contributed by atoms with Crippen LogP contribution in [0.4, 0.5) is 0 Å². The third-order valence-corrected chi connectivity index (χ3v) is 1.94. The van der Waals surface area contributed by atoms with E-state index in [1.165, 1.54) is 14.0 Å². The molecule has 0 saturated carbocycles. The van der Waals surface area contributed by atoms with Gasteiger partial charge in [-0.05, 0) is 6.92 Å². The molecule has 2 atom stereocenters. The van der Waals surface area contributed by atoms with Gasteiger partial charge in [0.2, 0.25) is 5.91 Å². The van der Waals surface area contributed by atoms with E-state index in [0.29, 0.717) is 0 Å². The Morgan fingerprint density at radius 1 is 1.64 bits per heavy atom. The van der Waals surface area contributed by atoms with Crippen molar-refractivity contribution in [3.63, 3.8) is 0 Å². The fourth-order valence-corrected chi connectivity index (χ4v) is 0.832. The molecule has 0 rings (SSSR count). The first-order valence-corrected chi connectivity index (χ1v) is 4.10. The summed E-state index contributed by atoms with van der Waals surface area (Å²) in [6, 6.07) is -1.72. The van der Waals surface area contributed by atoms with Crippen LogP contribution in [0.2, 0.25) is 0 Å². The van der Waals surface area contributed by atoms with Crippen LogP contribution in [0.5, 0.6) is 0 Å². The highest BCUT2D eigenvalue weighted by Gasteiger charge is 2.25. The highest BCUT2D eigenvalue weighted by molar-refractivity contribution is 5.86. The van der Waals surface area contributed by atoms with Gasteiger partial charge in [-0.25, -0.2) is 4.79 Å². The number of carbonyl (C=O) groups excluding carboxylic acids is 1. The lowest BCUT2D eigenvalue weighted by molar-refractivity contribution is -0.148. The molecular weight excluding hydrogens is 184 g/mol. The van der Waals surface area contributed by atoms with Crippen LogP contribution >= 0.6 is 0 Å². The zero-order valence-electron chi connectivity index (χ0n) is 8.23. The molecule has 1 amide bonds. The second-order valence-corrected chi connectivity index (χ2v) is 2.98. The Morgan fingerprint density at radius 3 is 2.50 bits per heavy atom. The van der Waals surface area contributed by atoms with E-state index in [1.807, 2.05) is 0 Å². The normalized spacial score (nSPS) is 13.9. The number of carboxylic acids is 1. The van der Waals surface area contributed by atoms with Crippen LogP contribution in [-0.4, -0.2) is 41.0 Å². The van der Waals surface area contributed by atoms with Gasteiger partial charge in [-0.1, -0.05) is 0 Å². The van der Waals surface area contributed by atoms with E-state index in [0.717, 1.165) is 4.90 Å². The second kappa shape index (κ2) is 5.25. The van der Waals surface area contributed by atoms with Gasteiger partial charge in [0.1, 0.15) is 6.04 Å². The van der Waals surface area contributed by atoms with Crippen molar-refractivity contribution in [1.82, 2.24) is 4.90 Å². The first kappa shape index (κ1) is 12.5. The lowest BCUT2D eigenvalue weighted by Gasteiger charge is -2.23. The number of nitrogens with zero attached hydrogens (tertiary/aromatic N) is 1. The largest absolute Gasteiger partial charge is 0.480 e. The average Bonchev–Trinajstić information content (AvgIpc) is 2.14. The Morgan fingerprint density at radius 2 is 2.14 bits per heavy atom. The molecule has 0 fully saturated rings. The highest BCUT2D eigenvalue weighted by Crippen LogP contribution is 2.00. The Labute approximate surface area is 82.9 Å². The van der Waals surface area contributed by atoms with Gasteiger partial charge in [-0.15, -0.1) is 12.3 Å². The smallest absolute Gasteiger partial charge is 0.326 e. The summed E-state index contributed by atoms with van der Waals surface area (Å²) in [5.74, 6) is 0.716. The summed E-state index contributed by atoms with van der Waals surface area (Å²) in [4.78, 5) is 23.0. The highest BCUT2D eigenvalue weighted by atomic mass is 16.4. The molecule has 5 heteroatoms. The Hall–Kier alpha value is -1.54. The molecule has 5 nitrogen and oxygen atoms in total. The molecule has 0 saturated heterocycles. The van der Waals surface area contributed by atoms with Crippen molar-refractivity contribution in [3.8, 4) is 12.3 Å². The summed E-state index contributed by atoms with van der Waals surface area (Å²) in [6.07, 6.45) is 5.09. The molecule has 0 aliphatic heterocycles. The monoisotopic (exact) mass is 198 g/mol. The first-order valence-electron chi connectivity index (χ1n) is 4.10. The van der Waals surface area contributed by atoms with Crippen LogP contribution in [0.1, 0.15) is 13.3 Å². The van der Waals surface area contributed by atoms with Crippen LogP contribution in [-0.2, 0) is 9.59 Å². The number of aliphatic carboxylic acids is 1. The quantitative estimate of drug-likeness (QED) is 0.583. The number of carboxylic acid groups (broad SMARTS) is 1. The maximum atomic E-state index is 11.4. The lowest BCUT2D eigenvalue weighted by atomic mass is 10.2. The molecule has 0 heterocycles. The maximum absolute atomic E-state index is 11.4. The first-order chi connectivity index (χ1) is 6.41. The molecular formula is C9H14N2O3. The summed E-state index contributed by atoms with van der Waals surface area (Å²) in [5.41, 5.74) is 5.44. The molecule has 0 spiro atoms. The molecule has 14 heavy (non-hydrogen) atoms. The minimum atomic E-state index is -1.08. The summed E-state index contributed by atoms with van der Waals surface area (Å²) in [6.45, 7) is 1.41. The van der Waals surface area contributed by atoms with Crippen molar-refractivity contribution in [2.45, 2.75) is 25.4 Å². The van der Waals surface area contributed by atoms with E-state index in [9.17, 15) is 9.59 Å². The third kappa shape index (κ3) is 3.07. The van der Waals surface area contributed by atoms with Gasteiger partial charge in [0.25, 0.3) is 0 Å². The number of hydrogen-bond acceptors (Lipinski definition) is 3. The van der Waals surface area contributed by atoms with E-state index < -0.39 is 24.0 Å². The van der Waals surface area contributed by atoms with Crippen LogP contribution in [0.25, 0.3) is 0 Å². The van der Waals surface area contributed by atoms with Gasteiger partial charge in [-0.3, -0.25) is 4.79 Å². The van der Waals surface area contributed by atoms with Crippen LogP contribution in [0, 0.1) is 12.3 Å². The van der Waals surface area contributed by atoms with Crippen molar-refractivity contribution < 1.29 is 14.7 Å².